The Bertz CT molecular complexity index is 764. The molecule has 2 N–H and O–H groups in total. The van der Waals surface area contributed by atoms with E-state index >= 15 is 0 Å². The van der Waals surface area contributed by atoms with Crippen molar-refractivity contribution >= 4 is 27.2 Å². The number of benzene rings is 1. The number of rotatable bonds is 5. The molecule has 0 radical (unpaired) electrons. The number of nitriles is 1. The minimum absolute atomic E-state index is 0.0257. The van der Waals surface area contributed by atoms with Crippen molar-refractivity contribution < 1.29 is 8.42 Å². The quantitative estimate of drug-likeness (QED) is 0.884. The Morgan fingerprint density at radius 2 is 1.81 bits per heavy atom. The van der Waals surface area contributed by atoms with Crippen molar-refractivity contribution in [3.8, 4) is 6.07 Å². The summed E-state index contributed by atoms with van der Waals surface area (Å²) >= 11 is 0. The maximum atomic E-state index is 11.4. The maximum Gasteiger partial charge on any atom is 0.232 e. The Balaban J connectivity index is 2.11. The van der Waals surface area contributed by atoms with E-state index in [1.807, 2.05) is 6.07 Å². The first-order chi connectivity index (χ1) is 10.0. The first kappa shape index (κ1) is 14.8. The number of nitrogens with one attached hydrogen (secondary N) is 2. The maximum absolute atomic E-state index is 11.4. The molecule has 2 aromatic rings. The second-order valence-corrected chi connectivity index (χ2v) is 6.24. The number of hydrogen-bond donors (Lipinski definition) is 2. The number of aromatic nitrogens is 1. The molecule has 0 aliphatic heterocycles. The fraction of sp³-hybridized carbons (Fsp3) is 0.143. The first-order valence-corrected chi connectivity index (χ1v) is 7.92. The van der Waals surface area contributed by atoms with Gasteiger partial charge < -0.3 is 5.32 Å². The van der Waals surface area contributed by atoms with Crippen molar-refractivity contribution in [3.05, 3.63) is 48.2 Å². The lowest BCUT2D eigenvalue weighted by Crippen LogP contribution is -2.14. The fourth-order valence-electron chi connectivity index (χ4n) is 1.59. The summed E-state index contributed by atoms with van der Waals surface area (Å²) in [6.45, 7) is 1.58. The van der Waals surface area contributed by atoms with Crippen LogP contribution in [0, 0.1) is 11.3 Å². The molecular weight excluding hydrogens is 288 g/mol. The van der Waals surface area contributed by atoms with E-state index in [-0.39, 0.29) is 5.75 Å². The molecule has 6 nitrogen and oxygen atoms in total. The van der Waals surface area contributed by atoms with Crippen LogP contribution in [0.4, 0.5) is 17.2 Å². The average molecular weight is 302 g/mol. The van der Waals surface area contributed by atoms with Crippen LogP contribution in [0.5, 0.6) is 0 Å². The van der Waals surface area contributed by atoms with E-state index in [0.29, 0.717) is 17.2 Å². The monoisotopic (exact) mass is 302 g/mol. The molecule has 0 atom stereocenters. The van der Waals surface area contributed by atoms with Gasteiger partial charge >= 0.3 is 0 Å². The third-order valence-electron chi connectivity index (χ3n) is 2.67. The molecule has 2 rings (SSSR count). The minimum Gasteiger partial charge on any atom is -0.340 e. The third-order valence-corrected chi connectivity index (χ3v) is 3.98. The molecule has 0 fully saturated rings. The van der Waals surface area contributed by atoms with Crippen molar-refractivity contribution in [3.63, 3.8) is 0 Å². The SMILES string of the molecule is CCS(=O)(=O)Nc1ccc(Nc2cccc(C#N)n2)cc1. The van der Waals surface area contributed by atoms with Crippen LogP contribution in [0.3, 0.4) is 0 Å². The zero-order chi connectivity index (χ0) is 15.3. The minimum atomic E-state index is -3.27. The van der Waals surface area contributed by atoms with Crippen LogP contribution in [-0.4, -0.2) is 19.2 Å². The van der Waals surface area contributed by atoms with Crippen LogP contribution in [0.25, 0.3) is 0 Å². The molecule has 7 heteroatoms. The van der Waals surface area contributed by atoms with Gasteiger partial charge in [0.2, 0.25) is 10.0 Å². The van der Waals surface area contributed by atoms with E-state index in [2.05, 4.69) is 15.0 Å². The van der Waals surface area contributed by atoms with E-state index in [9.17, 15) is 8.42 Å². The molecule has 0 amide bonds. The van der Waals surface area contributed by atoms with Gasteiger partial charge in [0.1, 0.15) is 17.6 Å². The molecule has 21 heavy (non-hydrogen) atoms. The van der Waals surface area contributed by atoms with E-state index in [4.69, 9.17) is 5.26 Å². The second kappa shape index (κ2) is 6.24. The van der Waals surface area contributed by atoms with Crippen LogP contribution >= 0.6 is 0 Å². The Morgan fingerprint density at radius 1 is 1.14 bits per heavy atom. The summed E-state index contributed by atoms with van der Waals surface area (Å²) in [6.07, 6.45) is 0. The largest absolute Gasteiger partial charge is 0.340 e. The molecule has 0 aliphatic rings. The van der Waals surface area contributed by atoms with E-state index in [0.717, 1.165) is 5.69 Å². The molecule has 0 saturated heterocycles. The highest BCUT2D eigenvalue weighted by Gasteiger charge is 2.06. The van der Waals surface area contributed by atoms with Crippen LogP contribution in [-0.2, 0) is 10.0 Å². The Hall–Kier alpha value is -2.59. The molecule has 0 spiro atoms. The zero-order valence-corrected chi connectivity index (χ0v) is 12.2. The molecule has 1 aromatic heterocycles. The molecule has 1 heterocycles. The Kier molecular flexibility index (Phi) is 4.40. The standard InChI is InChI=1S/C14H14N4O2S/c1-2-21(19,20)18-12-8-6-11(7-9-12)16-14-5-3-4-13(10-15)17-14/h3-9,18H,2H2,1H3,(H,16,17). The van der Waals surface area contributed by atoms with Gasteiger partial charge in [-0.25, -0.2) is 13.4 Å². The Morgan fingerprint density at radius 3 is 2.43 bits per heavy atom. The van der Waals surface area contributed by atoms with Crippen molar-refractivity contribution in [2.24, 2.45) is 0 Å². The summed E-state index contributed by atoms with van der Waals surface area (Å²) in [5, 5.41) is 11.8. The number of sulfonamides is 1. The second-order valence-electron chi connectivity index (χ2n) is 4.23. The van der Waals surface area contributed by atoms with Crippen LogP contribution in [0.15, 0.2) is 42.5 Å². The number of pyridine rings is 1. The topological polar surface area (TPSA) is 94.9 Å². The lowest BCUT2D eigenvalue weighted by atomic mass is 10.3. The van der Waals surface area contributed by atoms with Gasteiger partial charge in [-0.15, -0.1) is 0 Å². The molecule has 0 bridgehead atoms. The van der Waals surface area contributed by atoms with Crippen LogP contribution in [0.2, 0.25) is 0 Å². The van der Waals surface area contributed by atoms with Crippen molar-refractivity contribution in [1.29, 1.82) is 5.26 Å². The summed E-state index contributed by atoms with van der Waals surface area (Å²) in [5.41, 5.74) is 1.57. The fourth-order valence-corrected chi connectivity index (χ4v) is 2.23. The van der Waals surface area contributed by atoms with E-state index in [1.165, 1.54) is 0 Å². The summed E-state index contributed by atoms with van der Waals surface area (Å²) < 4.78 is 25.4. The average Bonchev–Trinajstić information content (AvgIpc) is 2.49. The van der Waals surface area contributed by atoms with Gasteiger partial charge in [0.15, 0.2) is 0 Å². The van der Waals surface area contributed by atoms with E-state index < -0.39 is 10.0 Å². The molecule has 108 valence electrons. The molecular formula is C14H14N4O2S. The summed E-state index contributed by atoms with van der Waals surface area (Å²) in [4.78, 5) is 4.10. The first-order valence-electron chi connectivity index (χ1n) is 6.27. The third kappa shape index (κ3) is 4.19. The highest BCUT2D eigenvalue weighted by atomic mass is 32.2. The summed E-state index contributed by atoms with van der Waals surface area (Å²) in [6, 6.07) is 13.8. The predicted molar refractivity (Wildman–Crippen MR) is 81.8 cm³/mol. The smallest absolute Gasteiger partial charge is 0.232 e. The van der Waals surface area contributed by atoms with Gasteiger partial charge in [0.25, 0.3) is 0 Å². The van der Waals surface area contributed by atoms with Gasteiger partial charge in [-0.3, -0.25) is 4.72 Å². The van der Waals surface area contributed by atoms with Crippen molar-refractivity contribution in [2.45, 2.75) is 6.92 Å². The Labute approximate surface area is 123 Å². The van der Waals surface area contributed by atoms with Gasteiger partial charge in [-0.2, -0.15) is 5.26 Å². The van der Waals surface area contributed by atoms with Crippen LogP contribution < -0.4 is 10.0 Å². The highest BCUT2D eigenvalue weighted by Crippen LogP contribution is 2.18. The van der Waals surface area contributed by atoms with Gasteiger partial charge in [-0.1, -0.05) is 6.07 Å². The molecule has 0 saturated carbocycles. The van der Waals surface area contributed by atoms with Gasteiger partial charge in [0, 0.05) is 11.4 Å². The molecule has 0 aliphatic carbocycles. The predicted octanol–water partition coefficient (Wildman–Crippen LogP) is 2.46. The lowest BCUT2D eigenvalue weighted by molar-refractivity contribution is 0.602. The van der Waals surface area contributed by atoms with Crippen molar-refractivity contribution in [2.75, 3.05) is 15.8 Å². The number of nitrogens with zero attached hydrogens (tertiary/aromatic N) is 2. The lowest BCUT2D eigenvalue weighted by Gasteiger charge is -2.08. The van der Waals surface area contributed by atoms with Crippen molar-refractivity contribution in [1.82, 2.24) is 4.98 Å². The normalized spacial score (nSPS) is 10.7. The van der Waals surface area contributed by atoms with Gasteiger partial charge in [0.05, 0.1) is 5.75 Å². The highest BCUT2D eigenvalue weighted by molar-refractivity contribution is 7.92. The molecule has 1 aromatic carbocycles. The zero-order valence-electron chi connectivity index (χ0n) is 11.4. The molecule has 0 unspecified atom stereocenters. The van der Waals surface area contributed by atoms with Gasteiger partial charge in [-0.05, 0) is 43.3 Å². The number of hydrogen-bond acceptors (Lipinski definition) is 5. The van der Waals surface area contributed by atoms with Crippen LogP contribution in [0.1, 0.15) is 12.6 Å². The summed E-state index contributed by atoms with van der Waals surface area (Å²) in [7, 11) is -3.27. The van der Waals surface area contributed by atoms with E-state index in [1.54, 1.807) is 49.4 Å². The number of anilines is 3. The summed E-state index contributed by atoms with van der Waals surface area (Å²) in [5.74, 6) is 0.577.